The van der Waals surface area contributed by atoms with Crippen LogP contribution in [0.1, 0.15) is 12.6 Å². The third-order valence-electron chi connectivity index (χ3n) is 4.34. The van der Waals surface area contributed by atoms with E-state index in [1.165, 1.54) is 0 Å². The van der Waals surface area contributed by atoms with Crippen LogP contribution in [0.2, 0.25) is 0 Å². The largest absolute Gasteiger partial charge is 0.481 e. The van der Waals surface area contributed by atoms with E-state index in [2.05, 4.69) is 20.0 Å². The van der Waals surface area contributed by atoms with Crippen molar-refractivity contribution in [2.75, 3.05) is 38.2 Å². The zero-order valence-corrected chi connectivity index (χ0v) is 14.9. The summed E-state index contributed by atoms with van der Waals surface area (Å²) in [6, 6.07) is 3.67. The lowest BCUT2D eigenvalue weighted by atomic mass is 10.1. The topological polar surface area (TPSA) is 76.4 Å². The van der Waals surface area contributed by atoms with Gasteiger partial charge in [-0.15, -0.1) is 0 Å². The van der Waals surface area contributed by atoms with Crippen LogP contribution in [0, 0.1) is 12.8 Å². The fraction of sp³-hybridized carbons (Fsp3) is 0.529. The fourth-order valence-corrected chi connectivity index (χ4v) is 2.98. The van der Waals surface area contributed by atoms with Crippen molar-refractivity contribution < 1.29 is 9.53 Å². The number of carbonyl (C=O) groups is 1. The zero-order chi connectivity index (χ0) is 17.8. The van der Waals surface area contributed by atoms with E-state index >= 15 is 0 Å². The molecule has 134 valence electrons. The van der Waals surface area contributed by atoms with Crippen molar-refractivity contribution in [2.24, 2.45) is 5.92 Å². The lowest BCUT2D eigenvalue weighted by molar-refractivity contribution is -0.135. The first-order valence-corrected chi connectivity index (χ1v) is 8.47. The highest BCUT2D eigenvalue weighted by Crippen LogP contribution is 2.17. The molecule has 0 saturated carbocycles. The molecule has 0 aromatic carbocycles. The summed E-state index contributed by atoms with van der Waals surface area (Å²) in [5.74, 6) is 1.29. The highest BCUT2D eigenvalue weighted by Gasteiger charge is 2.26. The second-order valence-electron chi connectivity index (χ2n) is 6.29. The minimum Gasteiger partial charge on any atom is -0.481 e. The summed E-state index contributed by atoms with van der Waals surface area (Å²) >= 11 is 0. The quantitative estimate of drug-likeness (QED) is 0.805. The number of aryl methyl sites for hydroxylation is 1. The summed E-state index contributed by atoms with van der Waals surface area (Å²) < 4.78 is 7.01. The molecule has 0 radical (unpaired) electrons. The van der Waals surface area contributed by atoms with Crippen LogP contribution in [0.3, 0.4) is 0 Å². The molecule has 8 heteroatoms. The van der Waals surface area contributed by atoms with Crippen LogP contribution in [0.5, 0.6) is 5.88 Å². The SMILES string of the molecule is COc1cc(C)nc(N2CCN(C(=O)[C@H](C)Cn3cccn3)CC2)n1. The number of amides is 1. The number of ether oxygens (including phenoxy) is 1. The lowest BCUT2D eigenvalue weighted by Gasteiger charge is -2.36. The van der Waals surface area contributed by atoms with E-state index in [9.17, 15) is 4.79 Å². The maximum atomic E-state index is 12.6. The van der Waals surface area contributed by atoms with Crippen LogP contribution < -0.4 is 9.64 Å². The third-order valence-corrected chi connectivity index (χ3v) is 4.34. The summed E-state index contributed by atoms with van der Waals surface area (Å²) in [6.07, 6.45) is 3.61. The summed E-state index contributed by atoms with van der Waals surface area (Å²) in [5, 5.41) is 4.17. The Morgan fingerprint density at radius 1 is 1.28 bits per heavy atom. The Bertz CT molecular complexity index is 710. The van der Waals surface area contributed by atoms with Gasteiger partial charge in [0.15, 0.2) is 0 Å². The summed E-state index contributed by atoms with van der Waals surface area (Å²) in [7, 11) is 1.60. The molecule has 8 nitrogen and oxygen atoms in total. The molecule has 2 aromatic heterocycles. The Morgan fingerprint density at radius 3 is 2.68 bits per heavy atom. The molecule has 1 atom stereocenters. The number of anilines is 1. The van der Waals surface area contributed by atoms with Crippen LogP contribution in [0.4, 0.5) is 5.95 Å². The van der Waals surface area contributed by atoms with Gasteiger partial charge >= 0.3 is 0 Å². The van der Waals surface area contributed by atoms with Gasteiger partial charge in [-0.1, -0.05) is 6.92 Å². The molecule has 0 aliphatic carbocycles. The normalized spacial score (nSPS) is 16.0. The minimum atomic E-state index is -0.0956. The van der Waals surface area contributed by atoms with Crippen molar-refractivity contribution in [1.82, 2.24) is 24.6 Å². The molecule has 25 heavy (non-hydrogen) atoms. The molecule has 0 bridgehead atoms. The van der Waals surface area contributed by atoms with E-state index in [0.29, 0.717) is 44.6 Å². The van der Waals surface area contributed by atoms with Crippen molar-refractivity contribution in [1.29, 1.82) is 0 Å². The van der Waals surface area contributed by atoms with Crippen molar-refractivity contribution in [2.45, 2.75) is 20.4 Å². The molecule has 1 fully saturated rings. The van der Waals surface area contributed by atoms with Gasteiger partial charge < -0.3 is 14.5 Å². The molecular formula is C17H24N6O2. The van der Waals surface area contributed by atoms with Crippen LogP contribution in [-0.4, -0.2) is 63.8 Å². The minimum absolute atomic E-state index is 0.0956. The predicted octanol–water partition coefficient (Wildman–Crippen LogP) is 0.975. The maximum absolute atomic E-state index is 12.6. The molecular weight excluding hydrogens is 320 g/mol. The number of piperazine rings is 1. The van der Waals surface area contributed by atoms with Crippen LogP contribution in [-0.2, 0) is 11.3 Å². The monoisotopic (exact) mass is 344 g/mol. The molecule has 0 N–H and O–H groups in total. The first-order valence-electron chi connectivity index (χ1n) is 8.47. The van der Waals surface area contributed by atoms with Gasteiger partial charge in [-0.05, 0) is 13.0 Å². The molecule has 1 amide bonds. The van der Waals surface area contributed by atoms with Crippen LogP contribution in [0.25, 0.3) is 0 Å². The molecule has 0 spiro atoms. The van der Waals surface area contributed by atoms with Gasteiger partial charge in [0.05, 0.1) is 19.6 Å². The smallest absolute Gasteiger partial charge is 0.228 e. The summed E-state index contributed by atoms with van der Waals surface area (Å²) in [6.45, 7) is 7.24. The second-order valence-corrected chi connectivity index (χ2v) is 6.29. The Labute approximate surface area is 147 Å². The highest BCUT2D eigenvalue weighted by atomic mass is 16.5. The molecule has 1 aliphatic heterocycles. The van der Waals surface area contributed by atoms with Crippen molar-refractivity contribution in [3.8, 4) is 5.88 Å². The van der Waals surface area contributed by atoms with Crippen LogP contribution in [0.15, 0.2) is 24.5 Å². The summed E-state index contributed by atoms with van der Waals surface area (Å²) in [4.78, 5) is 25.5. The third kappa shape index (κ3) is 4.07. The van der Waals surface area contributed by atoms with Gasteiger partial charge in [-0.2, -0.15) is 10.1 Å². The Hall–Kier alpha value is -2.64. The van der Waals surface area contributed by atoms with E-state index < -0.39 is 0 Å². The predicted molar refractivity (Wildman–Crippen MR) is 93.5 cm³/mol. The lowest BCUT2D eigenvalue weighted by Crippen LogP contribution is -2.51. The molecule has 3 heterocycles. The number of aromatic nitrogens is 4. The number of carbonyl (C=O) groups excluding carboxylic acids is 1. The van der Waals surface area contributed by atoms with E-state index in [1.807, 2.05) is 31.0 Å². The Kier molecular flexibility index (Phi) is 5.16. The average molecular weight is 344 g/mol. The number of rotatable bonds is 5. The van der Waals surface area contributed by atoms with Gasteiger partial charge in [0.25, 0.3) is 0 Å². The van der Waals surface area contributed by atoms with Crippen molar-refractivity contribution >= 4 is 11.9 Å². The average Bonchev–Trinajstić information content (AvgIpc) is 3.13. The van der Waals surface area contributed by atoms with Gasteiger partial charge in [0.2, 0.25) is 17.7 Å². The van der Waals surface area contributed by atoms with Crippen LogP contribution >= 0.6 is 0 Å². The fourth-order valence-electron chi connectivity index (χ4n) is 2.98. The van der Waals surface area contributed by atoms with E-state index in [0.717, 1.165) is 5.69 Å². The number of nitrogens with zero attached hydrogens (tertiary/aromatic N) is 6. The maximum Gasteiger partial charge on any atom is 0.228 e. The van der Waals surface area contributed by atoms with E-state index in [4.69, 9.17) is 4.74 Å². The van der Waals surface area contributed by atoms with Gasteiger partial charge in [0, 0.05) is 50.3 Å². The van der Waals surface area contributed by atoms with Gasteiger partial charge in [-0.25, -0.2) is 4.98 Å². The Balaban J connectivity index is 1.58. The van der Waals surface area contributed by atoms with Crippen molar-refractivity contribution in [3.05, 3.63) is 30.2 Å². The molecule has 3 rings (SSSR count). The first kappa shape index (κ1) is 17.2. The number of hydrogen-bond acceptors (Lipinski definition) is 6. The molecule has 1 aliphatic rings. The van der Waals surface area contributed by atoms with E-state index in [-0.39, 0.29) is 11.8 Å². The van der Waals surface area contributed by atoms with Gasteiger partial charge in [-0.3, -0.25) is 9.48 Å². The number of hydrogen-bond donors (Lipinski definition) is 0. The molecule has 1 saturated heterocycles. The highest BCUT2D eigenvalue weighted by molar-refractivity contribution is 5.78. The number of methoxy groups -OCH3 is 1. The summed E-state index contributed by atoms with van der Waals surface area (Å²) in [5.41, 5.74) is 0.869. The van der Waals surface area contributed by atoms with Crippen molar-refractivity contribution in [3.63, 3.8) is 0 Å². The Morgan fingerprint density at radius 2 is 2.04 bits per heavy atom. The van der Waals surface area contributed by atoms with E-state index in [1.54, 1.807) is 24.1 Å². The zero-order valence-electron chi connectivity index (χ0n) is 14.9. The standard InChI is InChI=1S/C17H24N6O2/c1-13(12-23-6-4-5-18-23)16(24)21-7-9-22(10-8-21)17-19-14(2)11-15(20-17)25-3/h4-6,11,13H,7-10,12H2,1-3H3/t13-/m1/s1. The molecule has 2 aromatic rings. The second kappa shape index (κ2) is 7.50. The van der Waals surface area contributed by atoms with Gasteiger partial charge in [0.1, 0.15) is 0 Å². The first-order chi connectivity index (χ1) is 12.1. The molecule has 0 unspecified atom stereocenters.